The van der Waals surface area contributed by atoms with Gasteiger partial charge >= 0.3 is 0 Å². The van der Waals surface area contributed by atoms with Crippen molar-refractivity contribution in [2.45, 2.75) is 64.4 Å². The molecular weight excluding hydrogens is 246 g/mol. The largest absolute Gasteiger partial charge is 0.386 e. The monoisotopic (exact) mass is 276 g/mol. The molecule has 0 rings (SSSR count). The zero-order valence-corrected chi connectivity index (χ0v) is 13.6. The zero-order valence-electron chi connectivity index (χ0n) is 13.6. The molecule has 0 amide bonds. The van der Waals surface area contributed by atoms with Gasteiger partial charge in [-0.2, -0.15) is 0 Å². The molecule has 112 valence electrons. The van der Waals surface area contributed by atoms with Crippen molar-refractivity contribution in [3.05, 3.63) is 37.5 Å². The SMILES string of the molecule is C=CC(C)(C)O.[B]CC/C=C/C(C)(C)O.[B]CCC=C. The Labute approximate surface area is 128 Å². The molecule has 0 aliphatic rings. The third-order valence-corrected chi connectivity index (χ3v) is 1.73. The first-order valence-corrected chi connectivity index (χ1v) is 6.81. The van der Waals surface area contributed by atoms with E-state index in [-0.39, 0.29) is 0 Å². The lowest BCUT2D eigenvalue weighted by Gasteiger charge is -2.09. The normalized spacial score (nSPS) is 10.9. The lowest BCUT2D eigenvalue weighted by Crippen LogP contribution is -2.13. The van der Waals surface area contributed by atoms with Gasteiger partial charge in [0.25, 0.3) is 0 Å². The highest BCUT2D eigenvalue weighted by Gasteiger charge is 2.04. The Hall–Kier alpha value is -0.730. The number of hydrogen-bond donors (Lipinski definition) is 2. The summed E-state index contributed by atoms with van der Waals surface area (Å²) < 4.78 is 0. The van der Waals surface area contributed by atoms with Crippen molar-refractivity contribution in [1.82, 2.24) is 0 Å². The zero-order chi connectivity index (χ0) is 16.7. The van der Waals surface area contributed by atoms with Gasteiger partial charge in [0.2, 0.25) is 0 Å². The van der Waals surface area contributed by atoms with Gasteiger partial charge in [-0.25, -0.2) is 0 Å². The Bertz CT molecular complexity index is 248. The van der Waals surface area contributed by atoms with Crippen LogP contribution in [0.2, 0.25) is 12.6 Å². The summed E-state index contributed by atoms with van der Waals surface area (Å²) >= 11 is 0. The van der Waals surface area contributed by atoms with Crippen LogP contribution in [0.3, 0.4) is 0 Å². The smallest absolute Gasteiger partial charge is 0.0771 e. The highest BCUT2D eigenvalue weighted by atomic mass is 16.3. The Morgan fingerprint density at radius 2 is 1.30 bits per heavy atom. The minimum absolute atomic E-state index is 0.645. The molecule has 0 aromatic rings. The lowest BCUT2D eigenvalue weighted by molar-refractivity contribution is 0.132. The molecule has 0 heterocycles. The molecule has 0 aliphatic carbocycles. The minimum Gasteiger partial charge on any atom is -0.386 e. The van der Waals surface area contributed by atoms with Gasteiger partial charge in [0.05, 0.1) is 26.9 Å². The van der Waals surface area contributed by atoms with E-state index in [4.69, 9.17) is 25.9 Å². The van der Waals surface area contributed by atoms with Crippen LogP contribution in [-0.4, -0.2) is 37.1 Å². The molecule has 0 atom stereocenters. The molecule has 0 saturated carbocycles. The first-order valence-electron chi connectivity index (χ1n) is 6.81. The van der Waals surface area contributed by atoms with Crippen LogP contribution in [0.25, 0.3) is 0 Å². The number of allylic oxidation sites excluding steroid dienone is 2. The topological polar surface area (TPSA) is 40.5 Å². The summed E-state index contributed by atoms with van der Waals surface area (Å²) in [6.07, 6.45) is 10.1. The predicted octanol–water partition coefficient (Wildman–Crippen LogP) is 3.38. The van der Waals surface area contributed by atoms with Crippen LogP contribution >= 0.6 is 0 Å². The quantitative estimate of drug-likeness (QED) is 0.576. The fraction of sp³-hybridized carbons (Fsp3) is 0.625. The van der Waals surface area contributed by atoms with E-state index in [9.17, 15) is 0 Å². The van der Waals surface area contributed by atoms with Gasteiger partial charge in [-0.1, -0.05) is 36.9 Å². The summed E-state index contributed by atoms with van der Waals surface area (Å²) in [7, 11) is 10.3. The Morgan fingerprint density at radius 1 is 0.900 bits per heavy atom. The third kappa shape index (κ3) is 43.3. The fourth-order valence-electron chi connectivity index (χ4n) is 0.586. The second kappa shape index (κ2) is 14.7. The summed E-state index contributed by atoms with van der Waals surface area (Å²) in [6, 6.07) is 0. The summed E-state index contributed by atoms with van der Waals surface area (Å²) in [5.41, 5.74) is -1.38. The van der Waals surface area contributed by atoms with Crippen LogP contribution in [0.1, 0.15) is 40.5 Å². The molecule has 20 heavy (non-hydrogen) atoms. The lowest BCUT2D eigenvalue weighted by atomic mass is 10.0. The summed E-state index contributed by atoms with van der Waals surface area (Å²) in [5.74, 6) is 0. The average Bonchev–Trinajstić information content (AvgIpc) is 2.29. The second-order valence-electron chi connectivity index (χ2n) is 5.36. The van der Waals surface area contributed by atoms with E-state index < -0.39 is 11.2 Å². The van der Waals surface area contributed by atoms with Crippen molar-refractivity contribution in [2.75, 3.05) is 0 Å². The summed E-state index contributed by atoms with van der Waals surface area (Å²) in [5, 5.41) is 17.8. The van der Waals surface area contributed by atoms with Gasteiger partial charge in [0.1, 0.15) is 0 Å². The van der Waals surface area contributed by atoms with Crippen LogP contribution in [0, 0.1) is 0 Å². The van der Waals surface area contributed by atoms with E-state index in [1.165, 1.54) is 6.08 Å². The van der Waals surface area contributed by atoms with Gasteiger partial charge in [0, 0.05) is 0 Å². The van der Waals surface area contributed by atoms with E-state index in [2.05, 4.69) is 13.2 Å². The average molecular weight is 276 g/mol. The van der Waals surface area contributed by atoms with E-state index in [0.29, 0.717) is 6.32 Å². The van der Waals surface area contributed by atoms with Crippen LogP contribution < -0.4 is 0 Å². The van der Waals surface area contributed by atoms with E-state index in [1.54, 1.807) is 39.8 Å². The summed E-state index contributed by atoms with van der Waals surface area (Å²) in [6.45, 7) is 13.7. The predicted molar refractivity (Wildman–Crippen MR) is 92.5 cm³/mol. The van der Waals surface area contributed by atoms with Crippen LogP contribution in [0.15, 0.2) is 37.5 Å². The van der Waals surface area contributed by atoms with Crippen LogP contribution in [-0.2, 0) is 0 Å². The van der Waals surface area contributed by atoms with E-state index >= 15 is 0 Å². The number of rotatable bonds is 6. The summed E-state index contributed by atoms with van der Waals surface area (Å²) in [4.78, 5) is 0. The van der Waals surface area contributed by atoms with Gasteiger partial charge in [0.15, 0.2) is 0 Å². The van der Waals surface area contributed by atoms with E-state index in [0.717, 1.165) is 19.2 Å². The molecule has 0 fully saturated rings. The Balaban J connectivity index is -0.000000230. The molecule has 0 aromatic carbocycles. The molecule has 0 bridgehead atoms. The highest BCUT2D eigenvalue weighted by molar-refractivity contribution is 6.08. The van der Waals surface area contributed by atoms with Crippen molar-refractivity contribution in [3.63, 3.8) is 0 Å². The van der Waals surface area contributed by atoms with E-state index in [1.807, 2.05) is 6.08 Å². The first kappa shape index (κ1) is 24.3. The molecule has 4 radical (unpaired) electrons. The molecule has 0 aliphatic heterocycles. The molecule has 0 unspecified atom stereocenters. The maximum Gasteiger partial charge on any atom is 0.0771 e. The highest BCUT2D eigenvalue weighted by Crippen LogP contribution is 2.03. The first-order chi connectivity index (χ1) is 9.04. The molecule has 4 heteroatoms. The maximum atomic E-state index is 9.12. The van der Waals surface area contributed by atoms with Gasteiger partial charge < -0.3 is 10.2 Å². The molecule has 0 aromatic heterocycles. The Kier molecular flexibility index (Phi) is 17.8. The van der Waals surface area contributed by atoms with Crippen molar-refractivity contribution in [2.24, 2.45) is 0 Å². The fourth-order valence-corrected chi connectivity index (χ4v) is 0.586. The molecule has 2 N–H and O–H groups in total. The van der Waals surface area contributed by atoms with Gasteiger partial charge in [-0.05, 0) is 40.5 Å². The molecule has 0 spiro atoms. The standard InChI is InChI=1S/C7H13BO.C5H10O.C4H7B/c1-7(2,9)5-3-4-6-8;1-4-5(2,3)6;1-2-3-4-5/h3,5,9H,4,6H2,1-2H3;4,6H,1H2,2-3H3;2H,1,3-4H2/b5-3+;;. The van der Waals surface area contributed by atoms with Gasteiger partial charge in [-0.15, -0.1) is 13.2 Å². The van der Waals surface area contributed by atoms with Crippen LogP contribution in [0.4, 0.5) is 0 Å². The molecular formula is C16H30B2O2. The van der Waals surface area contributed by atoms with Crippen molar-refractivity contribution in [3.8, 4) is 0 Å². The number of aliphatic hydroxyl groups is 2. The third-order valence-electron chi connectivity index (χ3n) is 1.73. The van der Waals surface area contributed by atoms with Crippen molar-refractivity contribution < 1.29 is 10.2 Å². The number of hydrogen-bond acceptors (Lipinski definition) is 2. The minimum atomic E-state index is -0.694. The van der Waals surface area contributed by atoms with Crippen LogP contribution in [0.5, 0.6) is 0 Å². The van der Waals surface area contributed by atoms with Crippen molar-refractivity contribution in [1.29, 1.82) is 0 Å². The molecule has 2 nitrogen and oxygen atoms in total. The Morgan fingerprint density at radius 3 is 1.45 bits per heavy atom. The van der Waals surface area contributed by atoms with Crippen molar-refractivity contribution >= 4 is 15.7 Å². The maximum absolute atomic E-state index is 9.12. The van der Waals surface area contributed by atoms with Gasteiger partial charge in [-0.3, -0.25) is 0 Å². The second-order valence-corrected chi connectivity index (χ2v) is 5.36. The molecule has 0 saturated heterocycles.